The molecule has 0 aromatic heterocycles. The van der Waals surface area contributed by atoms with E-state index < -0.39 is 6.04 Å². The molecule has 0 aliphatic heterocycles. The van der Waals surface area contributed by atoms with Gasteiger partial charge in [0.15, 0.2) is 6.61 Å². The third-order valence-corrected chi connectivity index (χ3v) is 5.64. The van der Waals surface area contributed by atoms with Crippen LogP contribution in [0.4, 0.5) is 0 Å². The Labute approximate surface area is 206 Å². The number of halogens is 1. The van der Waals surface area contributed by atoms with Crippen LogP contribution in [0.15, 0.2) is 78.9 Å². The Hall–Kier alpha value is -3.31. The number of nitrogens with one attached hydrogen (secondary N) is 1. The number of amides is 2. The third kappa shape index (κ3) is 7.35. The van der Waals surface area contributed by atoms with Crippen LogP contribution in [-0.4, -0.2) is 35.4 Å². The summed E-state index contributed by atoms with van der Waals surface area (Å²) >= 11 is 6.20. The second kappa shape index (κ2) is 12.2. The van der Waals surface area contributed by atoms with Crippen molar-refractivity contribution in [3.8, 4) is 5.75 Å². The number of hydrogen-bond acceptors (Lipinski definition) is 3. The standard InChI is InChI=1S/C28H31ClN2O3/c1-20(2)30-28(33)25(17-22-11-5-4-6-12-22)31(18-23-13-9-10-21(3)16-23)27(32)19-34-26-15-8-7-14-24(26)29/h4-16,20,25H,17-19H2,1-3H3,(H,30,33)/t25-/m1/s1. The molecule has 0 radical (unpaired) electrons. The molecule has 1 atom stereocenters. The molecule has 0 bridgehead atoms. The molecule has 6 heteroatoms. The van der Waals surface area contributed by atoms with Crippen molar-refractivity contribution in [2.24, 2.45) is 0 Å². The van der Waals surface area contributed by atoms with Gasteiger partial charge < -0.3 is 15.0 Å². The highest BCUT2D eigenvalue weighted by atomic mass is 35.5. The molecule has 34 heavy (non-hydrogen) atoms. The van der Waals surface area contributed by atoms with Gasteiger partial charge in [-0.15, -0.1) is 0 Å². The fourth-order valence-electron chi connectivity index (χ4n) is 3.73. The zero-order valence-corrected chi connectivity index (χ0v) is 20.6. The van der Waals surface area contributed by atoms with Crippen molar-refractivity contribution in [3.05, 3.63) is 101 Å². The average molecular weight is 479 g/mol. The van der Waals surface area contributed by atoms with E-state index in [1.54, 1.807) is 29.2 Å². The average Bonchev–Trinajstić information content (AvgIpc) is 2.81. The molecule has 0 unspecified atom stereocenters. The van der Waals surface area contributed by atoms with Crippen molar-refractivity contribution in [2.45, 2.75) is 45.8 Å². The summed E-state index contributed by atoms with van der Waals surface area (Å²) in [5.74, 6) is -0.0573. The minimum atomic E-state index is -0.701. The van der Waals surface area contributed by atoms with Gasteiger partial charge >= 0.3 is 0 Å². The van der Waals surface area contributed by atoms with Gasteiger partial charge in [0.2, 0.25) is 5.91 Å². The van der Waals surface area contributed by atoms with E-state index in [0.29, 0.717) is 17.2 Å². The largest absolute Gasteiger partial charge is 0.482 e. The van der Waals surface area contributed by atoms with Gasteiger partial charge in [-0.25, -0.2) is 0 Å². The molecule has 3 rings (SSSR count). The van der Waals surface area contributed by atoms with Crippen LogP contribution >= 0.6 is 11.6 Å². The number of hydrogen-bond donors (Lipinski definition) is 1. The fraction of sp³-hybridized carbons (Fsp3) is 0.286. The molecule has 1 N–H and O–H groups in total. The van der Waals surface area contributed by atoms with Crippen molar-refractivity contribution in [1.82, 2.24) is 10.2 Å². The van der Waals surface area contributed by atoms with E-state index in [1.165, 1.54) is 0 Å². The Bertz CT molecular complexity index is 1100. The highest BCUT2D eigenvalue weighted by molar-refractivity contribution is 6.32. The lowest BCUT2D eigenvalue weighted by molar-refractivity contribution is -0.143. The number of ether oxygens (including phenoxy) is 1. The van der Waals surface area contributed by atoms with Crippen LogP contribution in [0.1, 0.15) is 30.5 Å². The second-order valence-electron chi connectivity index (χ2n) is 8.60. The first kappa shape index (κ1) is 25.3. The highest BCUT2D eigenvalue weighted by Crippen LogP contribution is 2.23. The van der Waals surface area contributed by atoms with Gasteiger partial charge in [0.05, 0.1) is 5.02 Å². The molecule has 3 aromatic rings. The van der Waals surface area contributed by atoms with E-state index in [0.717, 1.165) is 16.7 Å². The summed E-state index contributed by atoms with van der Waals surface area (Å²) in [6.45, 7) is 5.88. The summed E-state index contributed by atoms with van der Waals surface area (Å²) in [4.78, 5) is 28.4. The van der Waals surface area contributed by atoms with Gasteiger partial charge in [-0.1, -0.05) is 83.9 Å². The second-order valence-corrected chi connectivity index (χ2v) is 9.01. The summed E-state index contributed by atoms with van der Waals surface area (Å²) in [5, 5.41) is 3.41. The Morgan fingerprint density at radius 2 is 1.62 bits per heavy atom. The molecule has 0 heterocycles. The molecule has 3 aromatic carbocycles. The highest BCUT2D eigenvalue weighted by Gasteiger charge is 2.31. The molecule has 0 spiro atoms. The normalized spacial score (nSPS) is 11.7. The van der Waals surface area contributed by atoms with Gasteiger partial charge in [-0.3, -0.25) is 9.59 Å². The van der Waals surface area contributed by atoms with E-state index in [1.807, 2.05) is 75.4 Å². The van der Waals surface area contributed by atoms with Crippen molar-refractivity contribution in [1.29, 1.82) is 0 Å². The van der Waals surface area contributed by atoms with Crippen LogP contribution in [0.5, 0.6) is 5.75 Å². The van der Waals surface area contributed by atoms with Crippen LogP contribution < -0.4 is 10.1 Å². The van der Waals surface area contributed by atoms with E-state index in [2.05, 4.69) is 5.32 Å². The Kier molecular flexibility index (Phi) is 9.11. The number of benzene rings is 3. The van der Waals surface area contributed by atoms with Crippen LogP contribution in [-0.2, 0) is 22.6 Å². The molecule has 0 saturated heterocycles. The Balaban J connectivity index is 1.92. The maximum atomic E-state index is 13.5. The number of aryl methyl sites for hydroxylation is 1. The molecule has 0 saturated carbocycles. The van der Waals surface area contributed by atoms with E-state index in [4.69, 9.17) is 16.3 Å². The summed E-state index contributed by atoms with van der Waals surface area (Å²) in [7, 11) is 0. The smallest absolute Gasteiger partial charge is 0.261 e. The van der Waals surface area contributed by atoms with E-state index in [-0.39, 0.29) is 31.0 Å². The van der Waals surface area contributed by atoms with Crippen molar-refractivity contribution in [3.63, 3.8) is 0 Å². The lowest BCUT2D eigenvalue weighted by Crippen LogP contribution is -2.52. The lowest BCUT2D eigenvalue weighted by Gasteiger charge is -2.32. The molecular formula is C28H31ClN2O3. The summed E-state index contributed by atoms with van der Waals surface area (Å²) in [6.07, 6.45) is 0.392. The minimum Gasteiger partial charge on any atom is -0.482 e. The number of para-hydroxylation sites is 1. The van der Waals surface area contributed by atoms with E-state index in [9.17, 15) is 9.59 Å². The number of nitrogens with zero attached hydrogens (tertiary/aromatic N) is 1. The SMILES string of the molecule is Cc1cccc(CN(C(=O)COc2ccccc2Cl)[C@H](Cc2ccccc2)C(=O)NC(C)C)c1. The first-order valence-electron chi connectivity index (χ1n) is 11.4. The van der Waals surface area contributed by atoms with Crippen molar-refractivity contribution < 1.29 is 14.3 Å². The van der Waals surface area contributed by atoms with Gasteiger partial charge in [-0.05, 0) is 44.0 Å². The number of carbonyl (C=O) groups is 2. The lowest BCUT2D eigenvalue weighted by atomic mass is 10.0. The first-order chi connectivity index (χ1) is 16.3. The summed E-state index contributed by atoms with van der Waals surface area (Å²) in [6, 6.07) is 23.9. The Morgan fingerprint density at radius 1 is 0.941 bits per heavy atom. The minimum absolute atomic E-state index is 0.0546. The molecular weight excluding hydrogens is 448 g/mol. The van der Waals surface area contributed by atoms with Gasteiger partial charge in [-0.2, -0.15) is 0 Å². The zero-order chi connectivity index (χ0) is 24.5. The number of rotatable bonds is 10. The third-order valence-electron chi connectivity index (χ3n) is 5.33. The zero-order valence-electron chi connectivity index (χ0n) is 19.8. The van der Waals surface area contributed by atoms with Crippen molar-refractivity contribution >= 4 is 23.4 Å². The molecule has 5 nitrogen and oxygen atoms in total. The maximum absolute atomic E-state index is 13.5. The van der Waals surface area contributed by atoms with Gasteiger partial charge in [0.25, 0.3) is 5.91 Å². The van der Waals surface area contributed by atoms with E-state index >= 15 is 0 Å². The molecule has 0 aliphatic carbocycles. The Morgan fingerprint density at radius 3 is 2.29 bits per heavy atom. The molecule has 178 valence electrons. The van der Waals surface area contributed by atoms with Crippen LogP contribution in [0.2, 0.25) is 5.02 Å². The first-order valence-corrected chi connectivity index (χ1v) is 11.8. The quantitative estimate of drug-likeness (QED) is 0.436. The molecule has 0 fully saturated rings. The molecule has 2 amide bonds. The predicted octanol–water partition coefficient (Wildman–Crippen LogP) is 5.19. The number of carbonyl (C=O) groups excluding carboxylic acids is 2. The van der Waals surface area contributed by atoms with Crippen LogP contribution in [0.25, 0.3) is 0 Å². The fourth-order valence-corrected chi connectivity index (χ4v) is 3.92. The predicted molar refractivity (Wildman–Crippen MR) is 136 cm³/mol. The van der Waals surface area contributed by atoms with Crippen LogP contribution in [0.3, 0.4) is 0 Å². The maximum Gasteiger partial charge on any atom is 0.261 e. The molecule has 0 aliphatic rings. The van der Waals surface area contributed by atoms with Crippen LogP contribution in [0, 0.1) is 6.92 Å². The van der Waals surface area contributed by atoms with Crippen molar-refractivity contribution in [2.75, 3.05) is 6.61 Å². The topological polar surface area (TPSA) is 58.6 Å². The monoisotopic (exact) mass is 478 g/mol. The van der Waals surface area contributed by atoms with Gasteiger partial charge in [0.1, 0.15) is 11.8 Å². The summed E-state index contributed by atoms with van der Waals surface area (Å²) < 4.78 is 5.75. The van der Waals surface area contributed by atoms with Gasteiger partial charge in [0, 0.05) is 19.0 Å². The summed E-state index contributed by atoms with van der Waals surface area (Å²) in [5.41, 5.74) is 3.01.